The molecule has 1 saturated carbocycles. The van der Waals surface area contributed by atoms with E-state index in [9.17, 15) is 4.79 Å². The van der Waals surface area contributed by atoms with E-state index in [0.29, 0.717) is 17.7 Å². The minimum absolute atomic E-state index is 0.304. The smallest absolute Gasteiger partial charge is 0.223 e. The molecule has 3 rings (SSSR count). The fourth-order valence-electron chi connectivity index (χ4n) is 3.77. The Hall–Kier alpha value is -1.35. The highest BCUT2D eigenvalue weighted by molar-refractivity contribution is 5.78. The van der Waals surface area contributed by atoms with Crippen LogP contribution in [0.1, 0.15) is 44.1 Å². The number of rotatable bonds is 5. The third-order valence-electron chi connectivity index (χ3n) is 5.25. The van der Waals surface area contributed by atoms with Gasteiger partial charge in [-0.1, -0.05) is 43.2 Å². The Balaban J connectivity index is 1.36. The maximum absolute atomic E-state index is 12.1. The molecule has 2 aliphatic rings. The number of hydrogen-bond acceptors (Lipinski definition) is 2. The molecule has 0 radical (unpaired) electrons. The summed E-state index contributed by atoms with van der Waals surface area (Å²) in [5, 5.41) is 3.20. The van der Waals surface area contributed by atoms with E-state index in [-0.39, 0.29) is 0 Å². The summed E-state index contributed by atoms with van der Waals surface area (Å²) in [5.41, 5.74) is 1.40. The van der Waals surface area contributed by atoms with Crippen LogP contribution in [0, 0.1) is 11.8 Å². The zero-order chi connectivity index (χ0) is 15.2. The van der Waals surface area contributed by atoms with Gasteiger partial charge >= 0.3 is 0 Å². The first-order valence-corrected chi connectivity index (χ1v) is 8.85. The second-order valence-electron chi connectivity index (χ2n) is 6.93. The average Bonchev–Trinajstić information content (AvgIpc) is 3.09. The van der Waals surface area contributed by atoms with Gasteiger partial charge in [0.2, 0.25) is 5.91 Å². The maximum Gasteiger partial charge on any atom is 0.223 e. The van der Waals surface area contributed by atoms with Gasteiger partial charge in [0.15, 0.2) is 0 Å². The Morgan fingerprint density at radius 1 is 1.05 bits per heavy atom. The van der Waals surface area contributed by atoms with E-state index in [1.165, 1.54) is 31.2 Å². The number of amides is 1. The third-order valence-corrected chi connectivity index (χ3v) is 5.25. The number of piperidine rings is 1. The number of carbonyl (C=O) groups excluding carboxylic acids is 1. The number of likely N-dealkylation sites (tertiary alicyclic amines) is 1. The van der Waals surface area contributed by atoms with Crippen LogP contribution in [0.2, 0.25) is 0 Å². The average molecular weight is 300 g/mol. The number of hydrogen-bond donors (Lipinski definition) is 1. The molecular formula is C19H28N2O. The molecule has 1 saturated heterocycles. The minimum Gasteiger partial charge on any atom is -0.356 e. The van der Waals surface area contributed by atoms with Gasteiger partial charge in [0.25, 0.3) is 0 Å². The summed E-state index contributed by atoms with van der Waals surface area (Å²) in [5.74, 6) is 1.28. The zero-order valence-electron chi connectivity index (χ0n) is 13.5. The van der Waals surface area contributed by atoms with Crippen LogP contribution >= 0.6 is 0 Å². The largest absolute Gasteiger partial charge is 0.356 e. The van der Waals surface area contributed by atoms with Gasteiger partial charge in [-0.15, -0.1) is 0 Å². The lowest BCUT2D eigenvalue weighted by Gasteiger charge is -2.32. The molecule has 1 amide bonds. The molecule has 22 heavy (non-hydrogen) atoms. The molecule has 2 fully saturated rings. The standard InChI is InChI=1S/C19H28N2O/c22-19(18-8-4-5-9-18)20-14-16-10-12-21(13-11-16)15-17-6-2-1-3-7-17/h1-3,6-7,16,18H,4-5,8-15H2,(H,20,22). The molecule has 0 unspecified atom stereocenters. The lowest BCUT2D eigenvalue weighted by atomic mass is 9.96. The lowest BCUT2D eigenvalue weighted by Crippen LogP contribution is -2.39. The van der Waals surface area contributed by atoms with Gasteiger partial charge < -0.3 is 5.32 Å². The molecule has 1 heterocycles. The van der Waals surface area contributed by atoms with Crippen molar-refractivity contribution in [3.8, 4) is 0 Å². The van der Waals surface area contributed by atoms with Crippen LogP contribution in [0.15, 0.2) is 30.3 Å². The molecule has 1 aliphatic carbocycles. The summed E-state index contributed by atoms with van der Waals surface area (Å²) in [6.07, 6.45) is 7.07. The molecule has 1 N–H and O–H groups in total. The lowest BCUT2D eigenvalue weighted by molar-refractivity contribution is -0.125. The Kier molecular flexibility index (Phi) is 5.49. The van der Waals surface area contributed by atoms with Gasteiger partial charge in [0.1, 0.15) is 0 Å². The molecule has 1 aliphatic heterocycles. The van der Waals surface area contributed by atoms with Gasteiger partial charge in [-0.05, 0) is 50.3 Å². The Labute approximate surface area is 134 Å². The zero-order valence-corrected chi connectivity index (χ0v) is 13.5. The van der Waals surface area contributed by atoms with Crippen molar-refractivity contribution in [1.82, 2.24) is 10.2 Å². The third kappa shape index (κ3) is 4.33. The fraction of sp³-hybridized carbons (Fsp3) is 0.632. The van der Waals surface area contributed by atoms with Crippen LogP contribution in [0.4, 0.5) is 0 Å². The van der Waals surface area contributed by atoms with Crippen molar-refractivity contribution in [2.45, 2.75) is 45.1 Å². The second kappa shape index (κ2) is 7.77. The molecule has 3 heteroatoms. The molecule has 0 bridgehead atoms. The predicted molar refractivity (Wildman–Crippen MR) is 89.4 cm³/mol. The van der Waals surface area contributed by atoms with Crippen molar-refractivity contribution in [2.75, 3.05) is 19.6 Å². The van der Waals surface area contributed by atoms with Crippen LogP contribution < -0.4 is 5.32 Å². The SMILES string of the molecule is O=C(NCC1CCN(Cc2ccccc2)CC1)C1CCCC1. The highest BCUT2D eigenvalue weighted by atomic mass is 16.1. The van der Waals surface area contributed by atoms with E-state index in [4.69, 9.17) is 0 Å². The minimum atomic E-state index is 0.304. The normalized spacial score (nSPS) is 21.1. The highest BCUT2D eigenvalue weighted by Crippen LogP contribution is 2.25. The van der Waals surface area contributed by atoms with Gasteiger partial charge in [-0.25, -0.2) is 0 Å². The summed E-state index contributed by atoms with van der Waals surface area (Å²) < 4.78 is 0. The van der Waals surface area contributed by atoms with Crippen molar-refractivity contribution in [3.63, 3.8) is 0 Å². The van der Waals surface area contributed by atoms with Crippen molar-refractivity contribution >= 4 is 5.91 Å². The highest BCUT2D eigenvalue weighted by Gasteiger charge is 2.24. The Morgan fingerprint density at radius 2 is 1.73 bits per heavy atom. The van der Waals surface area contributed by atoms with E-state index in [2.05, 4.69) is 40.5 Å². The number of benzene rings is 1. The molecule has 3 nitrogen and oxygen atoms in total. The van der Waals surface area contributed by atoms with Crippen molar-refractivity contribution in [2.24, 2.45) is 11.8 Å². The molecule has 1 aromatic rings. The van der Waals surface area contributed by atoms with E-state index in [1.54, 1.807) is 0 Å². The van der Waals surface area contributed by atoms with Crippen LogP contribution in [-0.2, 0) is 11.3 Å². The van der Waals surface area contributed by atoms with Gasteiger partial charge in [-0.2, -0.15) is 0 Å². The van der Waals surface area contributed by atoms with Crippen molar-refractivity contribution < 1.29 is 4.79 Å². The van der Waals surface area contributed by atoms with Crippen LogP contribution in [0.5, 0.6) is 0 Å². The maximum atomic E-state index is 12.1. The molecule has 120 valence electrons. The number of nitrogens with zero attached hydrogens (tertiary/aromatic N) is 1. The first-order valence-electron chi connectivity index (χ1n) is 8.85. The monoisotopic (exact) mass is 300 g/mol. The predicted octanol–water partition coefficient (Wildman–Crippen LogP) is 3.21. The molecule has 1 aromatic carbocycles. The van der Waals surface area contributed by atoms with Crippen molar-refractivity contribution in [1.29, 1.82) is 0 Å². The summed E-state index contributed by atoms with van der Waals surface area (Å²) in [6, 6.07) is 10.7. The van der Waals surface area contributed by atoms with Gasteiger partial charge in [0, 0.05) is 19.0 Å². The van der Waals surface area contributed by atoms with E-state index in [1.807, 2.05) is 0 Å². The van der Waals surface area contributed by atoms with Crippen molar-refractivity contribution in [3.05, 3.63) is 35.9 Å². The van der Waals surface area contributed by atoms with E-state index < -0.39 is 0 Å². The fourth-order valence-corrected chi connectivity index (χ4v) is 3.77. The van der Waals surface area contributed by atoms with Gasteiger partial charge in [0.05, 0.1) is 0 Å². The quantitative estimate of drug-likeness (QED) is 0.905. The summed E-state index contributed by atoms with van der Waals surface area (Å²) in [7, 11) is 0. The first kappa shape index (κ1) is 15.5. The van der Waals surface area contributed by atoms with Crippen LogP contribution in [-0.4, -0.2) is 30.4 Å². The Morgan fingerprint density at radius 3 is 2.41 bits per heavy atom. The summed E-state index contributed by atoms with van der Waals surface area (Å²) in [6.45, 7) is 4.24. The van der Waals surface area contributed by atoms with E-state index >= 15 is 0 Å². The van der Waals surface area contributed by atoms with Crippen LogP contribution in [0.3, 0.4) is 0 Å². The first-order chi connectivity index (χ1) is 10.8. The van der Waals surface area contributed by atoms with Crippen LogP contribution in [0.25, 0.3) is 0 Å². The van der Waals surface area contributed by atoms with E-state index in [0.717, 1.165) is 39.0 Å². The topological polar surface area (TPSA) is 32.3 Å². The summed E-state index contributed by atoms with van der Waals surface area (Å²) >= 11 is 0. The Bertz CT molecular complexity index is 460. The molecule has 0 atom stereocenters. The summed E-state index contributed by atoms with van der Waals surface area (Å²) in [4.78, 5) is 14.6. The number of carbonyl (C=O) groups is 1. The molecule has 0 aromatic heterocycles. The molecule has 0 spiro atoms. The van der Waals surface area contributed by atoms with Gasteiger partial charge in [-0.3, -0.25) is 9.69 Å². The number of nitrogens with one attached hydrogen (secondary N) is 1. The molecular weight excluding hydrogens is 272 g/mol. The second-order valence-corrected chi connectivity index (χ2v) is 6.93.